The van der Waals surface area contributed by atoms with Crippen LogP contribution in [-0.2, 0) is 4.74 Å². The number of hydrogen-bond donors (Lipinski definition) is 1. The second kappa shape index (κ2) is 4.81. The van der Waals surface area contributed by atoms with Crippen LogP contribution in [0.1, 0.15) is 32.6 Å². The number of likely N-dealkylation sites (tertiary alicyclic amines) is 1. The summed E-state index contributed by atoms with van der Waals surface area (Å²) in [5.74, 6) is 0.954. The van der Waals surface area contributed by atoms with Crippen LogP contribution in [-0.4, -0.2) is 43.3 Å². The van der Waals surface area contributed by atoms with Gasteiger partial charge in [0.15, 0.2) is 0 Å². The lowest BCUT2D eigenvalue weighted by molar-refractivity contribution is 0.126. The van der Waals surface area contributed by atoms with Gasteiger partial charge in [-0.25, -0.2) is 0 Å². The number of hydrogen-bond acceptors (Lipinski definition) is 3. The van der Waals surface area contributed by atoms with E-state index in [1.54, 1.807) is 0 Å². The molecular weight excluding hydrogens is 188 g/mol. The second-order valence-electron chi connectivity index (χ2n) is 5.29. The van der Waals surface area contributed by atoms with E-state index < -0.39 is 0 Å². The molecule has 0 saturated carbocycles. The van der Waals surface area contributed by atoms with Gasteiger partial charge in [-0.3, -0.25) is 0 Å². The average Bonchev–Trinajstić information content (AvgIpc) is 2.66. The zero-order valence-corrected chi connectivity index (χ0v) is 9.87. The minimum absolute atomic E-state index is 0.0565. The fourth-order valence-electron chi connectivity index (χ4n) is 2.75. The van der Waals surface area contributed by atoms with Crippen molar-refractivity contribution in [3.05, 3.63) is 0 Å². The van der Waals surface area contributed by atoms with Crippen molar-refractivity contribution in [2.75, 3.05) is 32.8 Å². The minimum atomic E-state index is -0.0565. The Morgan fingerprint density at radius 3 is 2.67 bits per heavy atom. The molecule has 2 aliphatic rings. The Balaban J connectivity index is 1.76. The summed E-state index contributed by atoms with van der Waals surface area (Å²) in [5, 5.41) is 0. The second-order valence-corrected chi connectivity index (χ2v) is 5.29. The molecule has 2 rings (SSSR count). The summed E-state index contributed by atoms with van der Waals surface area (Å²) < 4.78 is 5.39. The molecule has 0 aliphatic carbocycles. The number of rotatable bonds is 3. The fraction of sp³-hybridized carbons (Fsp3) is 1.00. The molecule has 0 bridgehead atoms. The van der Waals surface area contributed by atoms with E-state index in [9.17, 15) is 0 Å². The van der Waals surface area contributed by atoms with Crippen molar-refractivity contribution in [1.29, 1.82) is 0 Å². The van der Waals surface area contributed by atoms with E-state index in [0.717, 1.165) is 32.1 Å². The molecule has 0 spiro atoms. The zero-order chi connectivity index (χ0) is 10.7. The van der Waals surface area contributed by atoms with Gasteiger partial charge in [-0.05, 0) is 38.3 Å². The van der Waals surface area contributed by atoms with Crippen LogP contribution in [0.4, 0.5) is 0 Å². The van der Waals surface area contributed by atoms with Crippen molar-refractivity contribution in [3.8, 4) is 0 Å². The Kier molecular flexibility index (Phi) is 3.65. The van der Waals surface area contributed by atoms with E-state index in [4.69, 9.17) is 10.5 Å². The van der Waals surface area contributed by atoms with E-state index >= 15 is 0 Å². The van der Waals surface area contributed by atoms with E-state index in [1.165, 1.54) is 32.4 Å². The van der Waals surface area contributed by atoms with Crippen molar-refractivity contribution in [2.45, 2.75) is 38.1 Å². The number of nitrogens with two attached hydrogens (primary N) is 1. The third-order valence-corrected chi connectivity index (χ3v) is 3.96. The molecule has 2 aliphatic heterocycles. The quantitative estimate of drug-likeness (QED) is 0.764. The first-order valence-electron chi connectivity index (χ1n) is 6.31. The lowest BCUT2D eigenvalue weighted by Crippen LogP contribution is -2.52. The summed E-state index contributed by atoms with van der Waals surface area (Å²) in [6.07, 6.45) is 5.08. The normalized spacial score (nSPS) is 34.8. The van der Waals surface area contributed by atoms with Crippen LogP contribution in [0.25, 0.3) is 0 Å². The highest BCUT2D eigenvalue weighted by atomic mass is 16.5. The molecule has 0 aromatic carbocycles. The molecule has 0 amide bonds. The van der Waals surface area contributed by atoms with Gasteiger partial charge >= 0.3 is 0 Å². The van der Waals surface area contributed by atoms with Crippen molar-refractivity contribution < 1.29 is 4.74 Å². The van der Waals surface area contributed by atoms with Gasteiger partial charge in [-0.2, -0.15) is 0 Å². The molecule has 0 aromatic heterocycles. The van der Waals surface area contributed by atoms with E-state index in [2.05, 4.69) is 11.8 Å². The van der Waals surface area contributed by atoms with Crippen LogP contribution in [0.2, 0.25) is 0 Å². The Morgan fingerprint density at radius 1 is 1.40 bits per heavy atom. The summed E-state index contributed by atoms with van der Waals surface area (Å²) in [6.45, 7) is 7.40. The maximum Gasteiger partial charge on any atom is 0.0659 e. The van der Waals surface area contributed by atoms with Crippen molar-refractivity contribution in [3.63, 3.8) is 0 Å². The summed E-state index contributed by atoms with van der Waals surface area (Å²) in [4.78, 5) is 2.53. The lowest BCUT2D eigenvalue weighted by atomic mass is 9.92. The topological polar surface area (TPSA) is 38.5 Å². The third-order valence-electron chi connectivity index (χ3n) is 3.96. The fourth-order valence-corrected chi connectivity index (χ4v) is 2.75. The van der Waals surface area contributed by atoms with Crippen LogP contribution in [0, 0.1) is 5.92 Å². The highest BCUT2D eigenvalue weighted by Gasteiger charge is 2.33. The summed E-state index contributed by atoms with van der Waals surface area (Å²) in [7, 11) is 0. The molecule has 0 radical (unpaired) electrons. The first-order valence-corrected chi connectivity index (χ1v) is 6.31. The standard InChI is InChI=1S/C12H24N2O/c1-2-11-3-6-14(7-4-11)9-12(13)5-8-15-10-12/h11H,2-10,13H2,1H3. The Hall–Kier alpha value is -0.120. The van der Waals surface area contributed by atoms with E-state index in [-0.39, 0.29) is 5.54 Å². The van der Waals surface area contributed by atoms with E-state index in [0.29, 0.717) is 0 Å². The maximum absolute atomic E-state index is 6.29. The van der Waals surface area contributed by atoms with Crippen LogP contribution < -0.4 is 5.73 Å². The number of nitrogens with zero attached hydrogens (tertiary/aromatic N) is 1. The zero-order valence-electron chi connectivity index (χ0n) is 9.87. The lowest BCUT2D eigenvalue weighted by Gasteiger charge is -2.36. The van der Waals surface area contributed by atoms with Crippen LogP contribution >= 0.6 is 0 Å². The van der Waals surface area contributed by atoms with Crippen molar-refractivity contribution in [2.24, 2.45) is 11.7 Å². The van der Waals surface area contributed by atoms with Crippen LogP contribution in [0.15, 0.2) is 0 Å². The molecular formula is C12H24N2O. The summed E-state index contributed by atoms with van der Waals surface area (Å²) in [6, 6.07) is 0. The summed E-state index contributed by atoms with van der Waals surface area (Å²) >= 11 is 0. The highest BCUT2D eigenvalue weighted by Crippen LogP contribution is 2.23. The molecule has 2 N–H and O–H groups in total. The minimum Gasteiger partial charge on any atom is -0.379 e. The van der Waals surface area contributed by atoms with Gasteiger partial charge in [0.2, 0.25) is 0 Å². The van der Waals surface area contributed by atoms with Gasteiger partial charge < -0.3 is 15.4 Å². The molecule has 2 saturated heterocycles. The Bertz CT molecular complexity index is 194. The predicted molar refractivity (Wildman–Crippen MR) is 61.8 cm³/mol. The maximum atomic E-state index is 6.29. The molecule has 1 unspecified atom stereocenters. The molecule has 88 valence electrons. The average molecular weight is 212 g/mol. The van der Waals surface area contributed by atoms with Gasteiger partial charge in [-0.15, -0.1) is 0 Å². The Labute approximate surface area is 93.0 Å². The molecule has 15 heavy (non-hydrogen) atoms. The molecule has 2 fully saturated rings. The first kappa shape index (κ1) is 11.4. The highest BCUT2D eigenvalue weighted by molar-refractivity contribution is 4.92. The van der Waals surface area contributed by atoms with Gasteiger partial charge in [0, 0.05) is 13.2 Å². The molecule has 3 heteroatoms. The van der Waals surface area contributed by atoms with Gasteiger partial charge in [0.1, 0.15) is 0 Å². The SMILES string of the molecule is CCC1CCN(CC2(N)CCOC2)CC1. The largest absolute Gasteiger partial charge is 0.379 e. The smallest absolute Gasteiger partial charge is 0.0659 e. The van der Waals surface area contributed by atoms with Gasteiger partial charge in [0.05, 0.1) is 12.1 Å². The number of piperidine rings is 1. The van der Waals surface area contributed by atoms with E-state index in [1.807, 2.05) is 0 Å². The Morgan fingerprint density at radius 2 is 2.13 bits per heavy atom. The van der Waals surface area contributed by atoms with Crippen LogP contribution in [0.3, 0.4) is 0 Å². The predicted octanol–water partition coefficient (Wildman–Crippen LogP) is 1.23. The molecule has 1 atom stereocenters. The number of ether oxygens (including phenoxy) is 1. The van der Waals surface area contributed by atoms with Crippen molar-refractivity contribution >= 4 is 0 Å². The monoisotopic (exact) mass is 212 g/mol. The first-order chi connectivity index (χ1) is 7.22. The van der Waals surface area contributed by atoms with Gasteiger partial charge in [-0.1, -0.05) is 13.3 Å². The molecule has 3 nitrogen and oxygen atoms in total. The molecule has 2 heterocycles. The third kappa shape index (κ3) is 2.92. The van der Waals surface area contributed by atoms with Crippen LogP contribution in [0.5, 0.6) is 0 Å². The molecule has 0 aromatic rings. The van der Waals surface area contributed by atoms with Crippen molar-refractivity contribution in [1.82, 2.24) is 4.90 Å². The van der Waals surface area contributed by atoms with Gasteiger partial charge in [0.25, 0.3) is 0 Å². The summed E-state index contributed by atoms with van der Waals surface area (Å²) in [5.41, 5.74) is 6.23.